The number of piperidine rings is 1. The fraction of sp³-hybridized carbons (Fsp3) is 0.320. The minimum atomic E-state index is -1.31. The highest BCUT2D eigenvalue weighted by Gasteiger charge is 2.33. The van der Waals surface area contributed by atoms with E-state index in [9.17, 15) is 14.0 Å². The number of benzene rings is 2. The molecule has 4 aromatic rings. The van der Waals surface area contributed by atoms with Crippen LogP contribution in [-0.4, -0.2) is 61.4 Å². The fourth-order valence-electron chi connectivity index (χ4n) is 4.88. The average molecular weight is 464 g/mol. The lowest BCUT2D eigenvalue weighted by Gasteiger charge is -2.34. The maximum Gasteiger partial charge on any atom is 0.405 e. The molecule has 1 saturated heterocycles. The van der Waals surface area contributed by atoms with Crippen molar-refractivity contribution in [2.45, 2.75) is 32.1 Å². The molecule has 0 spiro atoms. The van der Waals surface area contributed by atoms with E-state index in [4.69, 9.17) is 10.1 Å². The van der Waals surface area contributed by atoms with E-state index in [1.54, 1.807) is 12.1 Å². The highest BCUT2D eigenvalue weighted by atomic mass is 19.1. The third kappa shape index (κ3) is 3.67. The van der Waals surface area contributed by atoms with Crippen molar-refractivity contribution in [1.29, 1.82) is 0 Å². The first kappa shape index (κ1) is 21.9. The number of carbonyl (C=O) groups excluding carboxylic acids is 1. The molecule has 5 rings (SSSR count). The van der Waals surface area contributed by atoms with Gasteiger partial charge in [0.25, 0.3) is 5.91 Å². The second-order valence-electron chi connectivity index (χ2n) is 8.64. The minimum Gasteiger partial charge on any atom is -0.465 e. The van der Waals surface area contributed by atoms with Gasteiger partial charge < -0.3 is 24.5 Å². The average Bonchev–Trinajstić information content (AvgIpc) is 3.36. The summed E-state index contributed by atoms with van der Waals surface area (Å²) in [5, 5.41) is 12.3. The number of para-hydroxylation sites is 1. The predicted molar refractivity (Wildman–Crippen MR) is 128 cm³/mol. The molecule has 2 amide bonds. The SMILES string of the molecule is CCn1c(-c2nc3cc(C(=O)N4CCC(F)C(NC(=O)O)C4)ccc3n2C)cc2ccccc21. The Labute approximate surface area is 195 Å². The Hall–Kier alpha value is -3.88. The van der Waals surface area contributed by atoms with E-state index >= 15 is 0 Å². The van der Waals surface area contributed by atoms with Gasteiger partial charge in [0.15, 0.2) is 5.82 Å². The summed E-state index contributed by atoms with van der Waals surface area (Å²) in [6, 6.07) is 14.8. The number of likely N-dealkylation sites (tertiary alicyclic amines) is 1. The van der Waals surface area contributed by atoms with Gasteiger partial charge in [0.2, 0.25) is 0 Å². The predicted octanol–water partition coefficient (Wildman–Crippen LogP) is 4.04. The molecule has 3 heterocycles. The molecule has 176 valence electrons. The largest absolute Gasteiger partial charge is 0.465 e. The Kier molecular flexibility index (Phi) is 5.47. The van der Waals surface area contributed by atoms with Gasteiger partial charge in [-0.25, -0.2) is 14.2 Å². The Morgan fingerprint density at radius 1 is 1.18 bits per heavy atom. The monoisotopic (exact) mass is 463 g/mol. The molecule has 34 heavy (non-hydrogen) atoms. The van der Waals surface area contributed by atoms with Crippen LogP contribution in [0.4, 0.5) is 9.18 Å². The topological polar surface area (TPSA) is 92.4 Å². The number of imidazole rings is 1. The van der Waals surface area contributed by atoms with Crippen LogP contribution < -0.4 is 5.32 Å². The third-order valence-corrected chi connectivity index (χ3v) is 6.61. The van der Waals surface area contributed by atoms with Gasteiger partial charge in [-0.2, -0.15) is 0 Å². The van der Waals surface area contributed by atoms with E-state index in [0.717, 1.165) is 34.5 Å². The number of hydrogen-bond acceptors (Lipinski definition) is 3. The molecule has 2 atom stereocenters. The van der Waals surface area contributed by atoms with Crippen molar-refractivity contribution in [2.75, 3.05) is 13.1 Å². The fourth-order valence-corrected chi connectivity index (χ4v) is 4.88. The van der Waals surface area contributed by atoms with Crippen LogP contribution in [0.25, 0.3) is 33.5 Å². The maximum atomic E-state index is 14.1. The van der Waals surface area contributed by atoms with Crippen LogP contribution in [0.5, 0.6) is 0 Å². The van der Waals surface area contributed by atoms with Crippen LogP contribution in [0.3, 0.4) is 0 Å². The number of carboxylic acid groups (broad SMARTS) is 1. The summed E-state index contributed by atoms with van der Waals surface area (Å²) < 4.78 is 18.4. The summed E-state index contributed by atoms with van der Waals surface area (Å²) in [6.07, 6.45) is -2.52. The normalized spacial score (nSPS) is 18.5. The van der Waals surface area contributed by atoms with E-state index < -0.39 is 18.3 Å². The second kappa shape index (κ2) is 8.48. The lowest BCUT2D eigenvalue weighted by atomic mass is 10.0. The first-order valence-electron chi connectivity index (χ1n) is 11.3. The van der Waals surface area contributed by atoms with Crippen LogP contribution in [0.2, 0.25) is 0 Å². The van der Waals surface area contributed by atoms with Gasteiger partial charge in [-0.15, -0.1) is 0 Å². The van der Waals surface area contributed by atoms with Crippen molar-refractivity contribution < 1.29 is 19.1 Å². The summed E-state index contributed by atoms with van der Waals surface area (Å²) in [5.41, 5.74) is 4.18. The molecule has 2 aromatic heterocycles. The standard InChI is InChI=1S/C25H26FN5O3/c1-3-31-20-7-5-4-6-15(20)13-22(31)23-27-18-12-16(8-9-21(18)29(23)2)24(32)30-11-10-17(26)19(14-30)28-25(33)34/h4-9,12-13,17,19,28H,3,10-11,14H2,1-2H3,(H,33,34). The summed E-state index contributed by atoms with van der Waals surface area (Å²) >= 11 is 0. The van der Waals surface area contributed by atoms with Crippen molar-refractivity contribution in [3.63, 3.8) is 0 Å². The number of aryl methyl sites for hydroxylation is 2. The summed E-state index contributed by atoms with van der Waals surface area (Å²) in [5.74, 6) is 0.544. The molecule has 2 unspecified atom stereocenters. The first-order valence-corrected chi connectivity index (χ1v) is 11.3. The molecule has 2 N–H and O–H groups in total. The molecule has 1 aliphatic heterocycles. The van der Waals surface area contributed by atoms with Crippen LogP contribution in [-0.2, 0) is 13.6 Å². The molecule has 2 aromatic carbocycles. The van der Waals surface area contributed by atoms with Crippen molar-refractivity contribution in [1.82, 2.24) is 24.3 Å². The van der Waals surface area contributed by atoms with E-state index in [1.807, 2.05) is 29.8 Å². The zero-order valence-corrected chi connectivity index (χ0v) is 19.0. The summed E-state index contributed by atoms with van der Waals surface area (Å²) in [7, 11) is 1.96. The molecule has 0 bridgehead atoms. The van der Waals surface area contributed by atoms with Gasteiger partial charge in [0.05, 0.1) is 22.8 Å². The zero-order valence-electron chi connectivity index (χ0n) is 19.0. The molecule has 1 aliphatic rings. The first-order chi connectivity index (χ1) is 16.4. The molecular weight excluding hydrogens is 437 g/mol. The highest BCUT2D eigenvalue weighted by molar-refractivity contribution is 5.98. The molecule has 8 nitrogen and oxygen atoms in total. The number of nitrogens with one attached hydrogen (secondary N) is 1. The van der Waals surface area contributed by atoms with Crippen LogP contribution in [0, 0.1) is 0 Å². The number of halogens is 1. The van der Waals surface area contributed by atoms with E-state index in [0.29, 0.717) is 11.1 Å². The van der Waals surface area contributed by atoms with Gasteiger partial charge in [0.1, 0.15) is 6.17 Å². The lowest BCUT2D eigenvalue weighted by molar-refractivity contribution is 0.0590. The quantitative estimate of drug-likeness (QED) is 0.478. The Morgan fingerprint density at radius 3 is 2.74 bits per heavy atom. The smallest absolute Gasteiger partial charge is 0.405 e. The highest BCUT2D eigenvalue weighted by Crippen LogP contribution is 2.30. The Morgan fingerprint density at radius 2 is 1.97 bits per heavy atom. The van der Waals surface area contributed by atoms with Crippen molar-refractivity contribution in [3.8, 4) is 11.5 Å². The molecule has 9 heteroatoms. The number of alkyl halides is 1. The number of rotatable bonds is 4. The van der Waals surface area contributed by atoms with Crippen molar-refractivity contribution in [2.24, 2.45) is 7.05 Å². The van der Waals surface area contributed by atoms with E-state index in [1.165, 1.54) is 4.90 Å². The molecule has 0 saturated carbocycles. The maximum absolute atomic E-state index is 14.1. The van der Waals surface area contributed by atoms with Crippen LogP contribution in [0.15, 0.2) is 48.5 Å². The molecular formula is C25H26FN5O3. The zero-order chi connectivity index (χ0) is 24.0. The van der Waals surface area contributed by atoms with Crippen LogP contribution in [0.1, 0.15) is 23.7 Å². The van der Waals surface area contributed by atoms with Crippen molar-refractivity contribution in [3.05, 3.63) is 54.1 Å². The van der Waals surface area contributed by atoms with Gasteiger partial charge in [-0.05, 0) is 43.7 Å². The molecule has 0 radical (unpaired) electrons. The van der Waals surface area contributed by atoms with Gasteiger partial charge in [-0.3, -0.25) is 4.79 Å². The van der Waals surface area contributed by atoms with Crippen LogP contribution >= 0.6 is 0 Å². The Balaban J connectivity index is 1.48. The van der Waals surface area contributed by atoms with Gasteiger partial charge in [-0.1, -0.05) is 18.2 Å². The number of hydrogen-bond donors (Lipinski definition) is 2. The molecule has 1 fully saturated rings. The number of nitrogens with zero attached hydrogens (tertiary/aromatic N) is 4. The lowest BCUT2D eigenvalue weighted by Crippen LogP contribution is -2.54. The number of carbonyl (C=O) groups is 2. The third-order valence-electron chi connectivity index (χ3n) is 6.61. The minimum absolute atomic E-state index is 0.00555. The van der Waals surface area contributed by atoms with Gasteiger partial charge >= 0.3 is 6.09 Å². The number of aromatic nitrogens is 3. The Bertz CT molecular complexity index is 1410. The number of amides is 2. The number of fused-ring (bicyclic) bond motifs is 2. The second-order valence-corrected chi connectivity index (χ2v) is 8.64. The summed E-state index contributed by atoms with van der Waals surface area (Å²) in [6.45, 7) is 3.13. The summed E-state index contributed by atoms with van der Waals surface area (Å²) in [4.78, 5) is 30.5. The van der Waals surface area contributed by atoms with E-state index in [-0.39, 0.29) is 25.4 Å². The molecule has 0 aliphatic carbocycles. The van der Waals surface area contributed by atoms with Crippen molar-refractivity contribution >= 4 is 33.9 Å². The van der Waals surface area contributed by atoms with E-state index in [2.05, 4.69) is 35.0 Å². The van der Waals surface area contributed by atoms with Gasteiger partial charge in [0, 0.05) is 43.1 Å².